The molecule has 0 aliphatic carbocycles. The average molecular weight is 345 g/mol. The highest BCUT2D eigenvalue weighted by Gasteiger charge is 2.03. The molecular formula is C17H17ClN4O2. The maximum Gasteiger partial charge on any atom is 0.133 e. The molecule has 2 aromatic heterocycles. The zero-order chi connectivity index (χ0) is 16.9. The summed E-state index contributed by atoms with van der Waals surface area (Å²) in [5, 5.41) is 9.06. The van der Waals surface area contributed by atoms with E-state index in [1.807, 2.05) is 55.5 Å². The molecular weight excluding hydrogens is 328 g/mol. The summed E-state index contributed by atoms with van der Waals surface area (Å²) in [5.74, 6) is 0. The zero-order valence-electron chi connectivity index (χ0n) is 13.1. The van der Waals surface area contributed by atoms with Gasteiger partial charge in [0.05, 0.1) is 16.4 Å². The number of hydrogen-bond acceptors (Lipinski definition) is 4. The topological polar surface area (TPSA) is 65.1 Å². The molecule has 0 spiro atoms. The Bertz CT molecular complexity index is 932. The Balaban J connectivity index is 0.000000149. The van der Waals surface area contributed by atoms with Crippen LogP contribution in [0.25, 0.3) is 22.1 Å². The second-order valence-electron chi connectivity index (χ2n) is 5.21. The van der Waals surface area contributed by atoms with Gasteiger partial charge in [0.1, 0.15) is 30.3 Å². The molecule has 1 atom stereocenters. The van der Waals surface area contributed by atoms with E-state index in [1.165, 1.54) is 6.33 Å². The maximum atomic E-state index is 9.07. The smallest absolute Gasteiger partial charge is 0.133 e. The van der Waals surface area contributed by atoms with Crippen molar-refractivity contribution >= 4 is 33.7 Å². The molecule has 4 rings (SSSR count). The first-order valence-electron chi connectivity index (χ1n) is 7.46. The fourth-order valence-corrected chi connectivity index (χ4v) is 2.22. The predicted octanol–water partition coefficient (Wildman–Crippen LogP) is 3.37. The number of nitrogens with zero attached hydrogens (tertiary/aromatic N) is 4. The van der Waals surface area contributed by atoms with E-state index in [-0.39, 0.29) is 5.38 Å². The number of aromatic nitrogens is 4. The van der Waals surface area contributed by atoms with E-state index >= 15 is 0 Å². The van der Waals surface area contributed by atoms with Crippen LogP contribution >= 0.6 is 11.6 Å². The van der Waals surface area contributed by atoms with Crippen LogP contribution in [0.2, 0.25) is 0 Å². The van der Waals surface area contributed by atoms with Crippen LogP contribution in [0.5, 0.6) is 0 Å². The van der Waals surface area contributed by atoms with Crippen LogP contribution in [-0.4, -0.2) is 36.6 Å². The molecule has 4 aromatic rings. The van der Waals surface area contributed by atoms with E-state index in [1.54, 1.807) is 11.1 Å². The predicted molar refractivity (Wildman–Crippen MR) is 93.4 cm³/mol. The van der Waals surface area contributed by atoms with Crippen molar-refractivity contribution in [3.63, 3.8) is 0 Å². The Labute approximate surface area is 143 Å². The zero-order valence-corrected chi connectivity index (χ0v) is 13.8. The van der Waals surface area contributed by atoms with Gasteiger partial charge in [-0.2, -0.15) is 9.46 Å². The number of fused-ring (bicyclic) bond motifs is 2. The van der Waals surface area contributed by atoms with Gasteiger partial charge in [-0.15, -0.1) is 11.6 Å². The SMILES string of the molecule is CC(Cl)COn1cnc2ccccc21.On1cnc2ccccc21. The Morgan fingerprint density at radius 2 is 1.58 bits per heavy atom. The van der Waals surface area contributed by atoms with Gasteiger partial charge in [-0.25, -0.2) is 9.97 Å². The van der Waals surface area contributed by atoms with Crippen LogP contribution in [0, 0.1) is 0 Å². The summed E-state index contributed by atoms with van der Waals surface area (Å²) in [6.07, 6.45) is 3.04. The van der Waals surface area contributed by atoms with Gasteiger partial charge in [0.15, 0.2) is 0 Å². The molecule has 124 valence electrons. The van der Waals surface area contributed by atoms with E-state index in [2.05, 4.69) is 9.97 Å². The van der Waals surface area contributed by atoms with Gasteiger partial charge in [-0.3, -0.25) is 0 Å². The lowest BCUT2D eigenvalue weighted by atomic mass is 10.3. The summed E-state index contributed by atoms with van der Waals surface area (Å²) in [7, 11) is 0. The van der Waals surface area contributed by atoms with Gasteiger partial charge >= 0.3 is 0 Å². The van der Waals surface area contributed by atoms with Crippen LogP contribution in [0.4, 0.5) is 0 Å². The summed E-state index contributed by atoms with van der Waals surface area (Å²) in [4.78, 5) is 13.6. The van der Waals surface area contributed by atoms with Crippen LogP contribution < -0.4 is 4.84 Å². The minimum Gasteiger partial charge on any atom is -0.427 e. The molecule has 6 nitrogen and oxygen atoms in total. The summed E-state index contributed by atoms with van der Waals surface area (Å²) >= 11 is 5.79. The van der Waals surface area contributed by atoms with Crippen molar-refractivity contribution in [2.24, 2.45) is 0 Å². The normalized spacial score (nSPS) is 11.9. The summed E-state index contributed by atoms with van der Waals surface area (Å²) < 4.78 is 2.66. The number of hydrogen-bond donors (Lipinski definition) is 1. The molecule has 1 N–H and O–H groups in total. The van der Waals surface area contributed by atoms with E-state index in [9.17, 15) is 0 Å². The molecule has 0 aliphatic heterocycles. The van der Waals surface area contributed by atoms with E-state index in [0.717, 1.165) is 26.8 Å². The van der Waals surface area contributed by atoms with Gasteiger partial charge in [0, 0.05) is 0 Å². The first-order chi connectivity index (χ1) is 11.6. The average Bonchev–Trinajstić information content (AvgIpc) is 3.18. The van der Waals surface area contributed by atoms with Crippen LogP contribution in [-0.2, 0) is 0 Å². The van der Waals surface area contributed by atoms with Gasteiger partial charge in [0.25, 0.3) is 0 Å². The van der Waals surface area contributed by atoms with Crippen molar-refractivity contribution in [2.45, 2.75) is 12.3 Å². The Kier molecular flexibility index (Phi) is 4.86. The quantitative estimate of drug-likeness (QED) is 0.457. The number of rotatable bonds is 3. The molecule has 0 bridgehead atoms. The van der Waals surface area contributed by atoms with Crippen LogP contribution in [0.3, 0.4) is 0 Å². The van der Waals surface area contributed by atoms with Gasteiger partial charge in [0.2, 0.25) is 0 Å². The standard InChI is InChI=1S/C10H11ClN2O.C7H6N2O/c1-8(11)6-14-13-7-12-9-4-2-3-5-10(9)13;10-9-5-8-6-3-1-2-4-7(6)9/h2-5,7-8H,6H2,1H3;1-5,10H. The highest BCUT2D eigenvalue weighted by Crippen LogP contribution is 2.10. The van der Waals surface area contributed by atoms with Crippen molar-refractivity contribution in [1.82, 2.24) is 19.4 Å². The monoisotopic (exact) mass is 344 g/mol. The van der Waals surface area contributed by atoms with Crippen molar-refractivity contribution in [2.75, 3.05) is 6.61 Å². The van der Waals surface area contributed by atoms with Crippen molar-refractivity contribution in [1.29, 1.82) is 0 Å². The lowest BCUT2D eigenvalue weighted by molar-refractivity contribution is 0.121. The summed E-state index contributed by atoms with van der Waals surface area (Å²) in [5.41, 5.74) is 3.44. The molecule has 0 fully saturated rings. The molecule has 0 saturated carbocycles. The Hall–Kier alpha value is -2.73. The molecule has 0 aliphatic rings. The fourth-order valence-electron chi connectivity index (χ4n) is 2.17. The van der Waals surface area contributed by atoms with Crippen molar-refractivity contribution in [3.05, 3.63) is 61.2 Å². The second kappa shape index (κ2) is 7.23. The maximum absolute atomic E-state index is 9.07. The Morgan fingerprint density at radius 1 is 1.00 bits per heavy atom. The third-order valence-corrected chi connectivity index (χ3v) is 3.42. The Morgan fingerprint density at radius 3 is 2.25 bits per heavy atom. The number of para-hydroxylation sites is 4. The molecule has 1 unspecified atom stereocenters. The molecule has 0 saturated heterocycles. The van der Waals surface area contributed by atoms with Crippen LogP contribution in [0.15, 0.2) is 61.2 Å². The number of imidazole rings is 2. The lowest BCUT2D eigenvalue weighted by Gasteiger charge is -2.07. The first-order valence-corrected chi connectivity index (χ1v) is 7.89. The lowest BCUT2D eigenvalue weighted by Crippen LogP contribution is -2.17. The third kappa shape index (κ3) is 3.60. The summed E-state index contributed by atoms with van der Waals surface area (Å²) in [6, 6.07) is 15.2. The second-order valence-corrected chi connectivity index (χ2v) is 5.96. The molecule has 0 amide bonds. The van der Waals surface area contributed by atoms with Gasteiger partial charge < -0.3 is 10.0 Å². The number of halogens is 1. The first kappa shape index (κ1) is 16.1. The number of alkyl halides is 1. The van der Waals surface area contributed by atoms with E-state index in [0.29, 0.717) is 6.61 Å². The fraction of sp³-hybridized carbons (Fsp3) is 0.176. The summed E-state index contributed by atoms with van der Waals surface area (Å²) in [6.45, 7) is 2.36. The van der Waals surface area contributed by atoms with Crippen LogP contribution in [0.1, 0.15) is 6.92 Å². The molecule has 7 heteroatoms. The van der Waals surface area contributed by atoms with Crippen molar-refractivity contribution < 1.29 is 10.0 Å². The van der Waals surface area contributed by atoms with Gasteiger partial charge in [-0.1, -0.05) is 24.3 Å². The molecule has 0 radical (unpaired) electrons. The van der Waals surface area contributed by atoms with Gasteiger partial charge in [-0.05, 0) is 31.2 Å². The minimum absolute atomic E-state index is 0.00355. The largest absolute Gasteiger partial charge is 0.427 e. The highest BCUT2D eigenvalue weighted by molar-refractivity contribution is 6.20. The molecule has 2 heterocycles. The third-order valence-electron chi connectivity index (χ3n) is 3.30. The molecule has 2 aromatic carbocycles. The van der Waals surface area contributed by atoms with E-state index < -0.39 is 0 Å². The minimum atomic E-state index is -0.00355. The van der Waals surface area contributed by atoms with E-state index in [4.69, 9.17) is 21.6 Å². The highest BCUT2D eigenvalue weighted by atomic mass is 35.5. The van der Waals surface area contributed by atoms with Crippen molar-refractivity contribution in [3.8, 4) is 0 Å². The molecule has 24 heavy (non-hydrogen) atoms. The number of benzene rings is 2.